The van der Waals surface area contributed by atoms with Crippen molar-refractivity contribution < 1.29 is 30.9 Å². The van der Waals surface area contributed by atoms with E-state index < -0.39 is 40.2 Å². The van der Waals surface area contributed by atoms with Crippen LogP contribution >= 0.6 is 0 Å². The van der Waals surface area contributed by atoms with Crippen molar-refractivity contribution in [2.75, 3.05) is 12.9 Å². The Bertz CT molecular complexity index is 993. The Balaban J connectivity index is 2.04. The van der Waals surface area contributed by atoms with Crippen LogP contribution in [0.1, 0.15) is 18.3 Å². The third-order valence-electron chi connectivity index (χ3n) is 3.75. The van der Waals surface area contributed by atoms with Crippen molar-refractivity contribution in [1.82, 2.24) is 14.6 Å². The van der Waals surface area contributed by atoms with E-state index in [1.54, 1.807) is 6.92 Å². The molecule has 28 heavy (non-hydrogen) atoms. The number of aromatic nitrogens is 3. The number of hydrogen-bond donors (Lipinski definition) is 0. The third kappa shape index (κ3) is 4.04. The second-order valence-corrected chi connectivity index (χ2v) is 7.13. The lowest BCUT2D eigenvalue weighted by molar-refractivity contribution is -0.138. The maximum Gasteiger partial charge on any atom is 0.425 e. The Kier molecular flexibility index (Phi) is 5.75. The van der Waals surface area contributed by atoms with Gasteiger partial charge < -0.3 is 4.74 Å². The van der Waals surface area contributed by atoms with Crippen LogP contribution in [0.3, 0.4) is 0 Å². The van der Waals surface area contributed by atoms with Crippen LogP contribution in [0.2, 0.25) is 0 Å². The van der Waals surface area contributed by atoms with E-state index in [9.17, 15) is 22.0 Å². The van der Waals surface area contributed by atoms with Crippen LogP contribution in [0.5, 0.6) is 5.75 Å². The predicted molar refractivity (Wildman–Crippen MR) is 91.9 cm³/mol. The van der Waals surface area contributed by atoms with Gasteiger partial charge in [0.05, 0.1) is 0 Å². The van der Waals surface area contributed by atoms with Crippen molar-refractivity contribution in [3.8, 4) is 5.75 Å². The molecule has 2 heterocycles. The summed E-state index contributed by atoms with van der Waals surface area (Å²) >= 11 is -1.51. The molecule has 0 bridgehead atoms. The maximum atomic E-state index is 13.8. The first kappa shape index (κ1) is 20.3. The highest BCUT2D eigenvalue weighted by Crippen LogP contribution is 2.38. The topological polar surface area (TPSA) is 48.7 Å². The van der Waals surface area contributed by atoms with Crippen molar-refractivity contribution in [2.24, 2.45) is 0 Å². The Hall–Kier alpha value is -2.40. The number of ether oxygens (including phenoxy) is 1. The SMILES string of the molecule is CCOCc1nnc2c(C(F)(F)F)c([S+](C)Oc3ccc(F)cc3F)ccn12. The fourth-order valence-corrected chi connectivity index (χ4v) is 3.75. The number of rotatable bonds is 6. The van der Waals surface area contributed by atoms with E-state index in [0.29, 0.717) is 12.7 Å². The summed E-state index contributed by atoms with van der Waals surface area (Å²) in [5, 5.41) is 7.42. The maximum absolute atomic E-state index is 13.8. The van der Waals surface area contributed by atoms with Crippen molar-refractivity contribution >= 4 is 16.8 Å². The van der Waals surface area contributed by atoms with Crippen LogP contribution in [0.15, 0.2) is 35.4 Å². The molecule has 150 valence electrons. The molecule has 0 aliphatic heterocycles. The van der Waals surface area contributed by atoms with Gasteiger partial charge >= 0.3 is 6.18 Å². The zero-order chi connectivity index (χ0) is 20.5. The van der Waals surface area contributed by atoms with Gasteiger partial charge in [0.1, 0.15) is 18.7 Å². The van der Waals surface area contributed by atoms with Crippen molar-refractivity contribution in [3.05, 3.63) is 53.5 Å². The third-order valence-corrected chi connectivity index (χ3v) is 5.14. The number of nitrogens with zero attached hydrogens (tertiary/aromatic N) is 3. The molecule has 1 atom stereocenters. The molecule has 0 amide bonds. The van der Waals surface area contributed by atoms with E-state index in [2.05, 4.69) is 10.2 Å². The minimum atomic E-state index is -4.75. The normalized spacial score (nSPS) is 13.1. The van der Waals surface area contributed by atoms with Gasteiger partial charge in [0.2, 0.25) is 21.8 Å². The lowest BCUT2D eigenvalue weighted by Gasteiger charge is -2.12. The van der Waals surface area contributed by atoms with E-state index >= 15 is 0 Å². The van der Waals surface area contributed by atoms with Gasteiger partial charge in [-0.15, -0.1) is 10.2 Å². The Labute approximate surface area is 159 Å². The molecule has 1 unspecified atom stereocenters. The molecule has 0 spiro atoms. The lowest BCUT2D eigenvalue weighted by atomic mass is 10.2. The largest absolute Gasteiger partial charge is 0.425 e. The van der Waals surface area contributed by atoms with E-state index in [0.717, 1.165) is 12.1 Å². The van der Waals surface area contributed by atoms with E-state index in [4.69, 9.17) is 8.92 Å². The molecule has 5 nitrogen and oxygen atoms in total. The lowest BCUT2D eigenvalue weighted by Crippen LogP contribution is -2.19. The molecule has 3 aromatic rings. The Morgan fingerprint density at radius 3 is 2.54 bits per heavy atom. The number of alkyl halides is 3. The van der Waals surface area contributed by atoms with Crippen molar-refractivity contribution in [3.63, 3.8) is 0 Å². The average Bonchev–Trinajstić information content (AvgIpc) is 3.03. The highest BCUT2D eigenvalue weighted by molar-refractivity contribution is 7.92. The molecule has 0 aliphatic rings. The highest BCUT2D eigenvalue weighted by atomic mass is 32.2. The van der Waals surface area contributed by atoms with Gasteiger partial charge in [0.15, 0.2) is 22.9 Å². The molecular formula is C17H15F5N3O2S+. The molecule has 1 aromatic carbocycles. The summed E-state index contributed by atoms with van der Waals surface area (Å²) in [6.45, 7) is 2.12. The predicted octanol–water partition coefficient (Wildman–Crippen LogP) is 4.16. The number of pyridine rings is 1. The first-order valence-corrected chi connectivity index (χ1v) is 9.59. The van der Waals surface area contributed by atoms with Gasteiger partial charge in [0.25, 0.3) is 0 Å². The van der Waals surface area contributed by atoms with Gasteiger partial charge in [0, 0.05) is 24.9 Å². The Morgan fingerprint density at radius 1 is 1.14 bits per heavy atom. The molecule has 0 radical (unpaired) electrons. The molecule has 3 rings (SSSR count). The molecule has 0 fully saturated rings. The van der Waals surface area contributed by atoms with Crippen LogP contribution in [0, 0.1) is 11.6 Å². The fourth-order valence-electron chi connectivity index (χ4n) is 2.51. The molecule has 0 aliphatic carbocycles. The number of hydrogen-bond acceptors (Lipinski definition) is 4. The zero-order valence-electron chi connectivity index (χ0n) is 14.8. The van der Waals surface area contributed by atoms with Gasteiger partial charge in [-0.05, 0) is 19.1 Å². The van der Waals surface area contributed by atoms with E-state index in [1.165, 1.54) is 22.9 Å². The van der Waals surface area contributed by atoms with Gasteiger partial charge in [-0.1, -0.05) is 0 Å². The van der Waals surface area contributed by atoms with E-state index in [-0.39, 0.29) is 23.1 Å². The summed E-state index contributed by atoms with van der Waals surface area (Å²) < 4.78 is 79.9. The number of halogens is 5. The van der Waals surface area contributed by atoms with Crippen molar-refractivity contribution in [2.45, 2.75) is 24.6 Å². The van der Waals surface area contributed by atoms with Crippen LogP contribution in [-0.2, 0) is 28.7 Å². The number of benzene rings is 1. The molecule has 0 N–H and O–H groups in total. The molecule has 0 saturated carbocycles. The van der Waals surface area contributed by atoms with E-state index in [1.807, 2.05) is 0 Å². The summed E-state index contributed by atoms with van der Waals surface area (Å²) in [5.74, 6) is -1.95. The van der Waals surface area contributed by atoms with Crippen molar-refractivity contribution in [1.29, 1.82) is 0 Å². The van der Waals surface area contributed by atoms with Crippen LogP contribution in [0.25, 0.3) is 5.65 Å². The van der Waals surface area contributed by atoms with Gasteiger partial charge in [-0.25, -0.2) is 8.78 Å². The Morgan fingerprint density at radius 2 is 1.89 bits per heavy atom. The quantitative estimate of drug-likeness (QED) is 0.444. The minimum absolute atomic E-state index is 0.00341. The van der Waals surface area contributed by atoms with Gasteiger partial charge in [-0.3, -0.25) is 8.58 Å². The fraction of sp³-hybridized carbons (Fsp3) is 0.294. The smallest absolute Gasteiger partial charge is 0.374 e. The first-order chi connectivity index (χ1) is 13.2. The standard InChI is InChI=1S/C17H15F5N3O2S/c1-3-26-9-14-23-24-16-15(17(20,21)22)13(6-7-25(14)16)28(2)27-12-5-4-10(18)8-11(12)19/h4-8H,3,9H2,1-2H3/q+1. The summed E-state index contributed by atoms with van der Waals surface area (Å²) in [7, 11) is 0. The minimum Gasteiger partial charge on any atom is -0.374 e. The average molecular weight is 420 g/mol. The summed E-state index contributed by atoms with van der Waals surface area (Å²) in [6, 6.07) is 3.80. The zero-order valence-corrected chi connectivity index (χ0v) is 15.6. The molecular weight excluding hydrogens is 405 g/mol. The molecule has 11 heteroatoms. The monoisotopic (exact) mass is 420 g/mol. The van der Waals surface area contributed by atoms with Crippen LogP contribution < -0.4 is 4.18 Å². The summed E-state index contributed by atoms with van der Waals surface area (Å²) in [4.78, 5) is -0.223. The van der Waals surface area contributed by atoms with Crippen LogP contribution in [0.4, 0.5) is 22.0 Å². The van der Waals surface area contributed by atoms with Crippen LogP contribution in [-0.4, -0.2) is 27.5 Å². The molecule has 2 aromatic heterocycles. The number of fused-ring (bicyclic) bond motifs is 1. The highest BCUT2D eigenvalue weighted by Gasteiger charge is 2.44. The summed E-state index contributed by atoms with van der Waals surface area (Å²) in [5.41, 5.74) is -1.43. The van der Waals surface area contributed by atoms with Gasteiger partial charge in [-0.2, -0.15) is 13.2 Å². The first-order valence-electron chi connectivity index (χ1n) is 8.03. The summed E-state index contributed by atoms with van der Waals surface area (Å²) in [6.07, 6.45) is -2.01. The molecule has 0 saturated heterocycles. The second-order valence-electron chi connectivity index (χ2n) is 5.61. The second kappa shape index (κ2) is 7.92.